The molecule has 2 N–H and O–H groups in total. The molecule has 0 aliphatic carbocycles. The molecular weight excluding hydrogens is 178 g/mol. The van der Waals surface area contributed by atoms with Crippen molar-refractivity contribution in [1.29, 1.82) is 0 Å². The lowest BCUT2D eigenvalue weighted by Crippen LogP contribution is -2.40. The molecule has 0 fully saturated rings. The third-order valence-corrected chi connectivity index (χ3v) is 2.00. The zero-order chi connectivity index (χ0) is 9.56. The lowest BCUT2D eigenvalue weighted by molar-refractivity contribution is -0.144. The van der Waals surface area contributed by atoms with Crippen LogP contribution in [0.2, 0.25) is 0 Å². The Morgan fingerprint density at radius 3 is 2.58 bits per heavy atom. The van der Waals surface area contributed by atoms with E-state index in [4.69, 9.17) is 22.1 Å². The molecule has 2 atom stereocenters. The zero-order valence-electron chi connectivity index (χ0n) is 7.55. The number of hydrogen-bond acceptors (Lipinski definition) is 3. The van der Waals surface area contributed by atoms with Crippen LogP contribution < -0.4 is 5.73 Å². The molecule has 0 radical (unpaired) electrons. The Morgan fingerprint density at radius 1 is 1.58 bits per heavy atom. The molecule has 12 heavy (non-hydrogen) atoms. The van der Waals surface area contributed by atoms with E-state index in [1.165, 1.54) is 0 Å². The summed E-state index contributed by atoms with van der Waals surface area (Å²) < 4.78 is 4.72. The molecule has 3 nitrogen and oxygen atoms in total. The number of alkyl halides is 1. The van der Waals surface area contributed by atoms with Crippen LogP contribution in [-0.4, -0.2) is 24.0 Å². The van der Waals surface area contributed by atoms with E-state index >= 15 is 0 Å². The summed E-state index contributed by atoms with van der Waals surface area (Å²) in [4.78, 5) is 11.0. The number of nitrogens with two attached hydrogens (primary N) is 1. The third-order valence-electron chi connectivity index (χ3n) is 1.51. The van der Waals surface area contributed by atoms with Crippen molar-refractivity contribution in [3.05, 3.63) is 0 Å². The summed E-state index contributed by atoms with van der Waals surface area (Å²) in [6.45, 7) is 4.09. The van der Waals surface area contributed by atoms with Gasteiger partial charge in [0.1, 0.15) is 6.04 Å². The second-order valence-electron chi connectivity index (χ2n) is 2.58. The summed E-state index contributed by atoms with van der Waals surface area (Å²) in [6, 6.07) is -0.688. The van der Waals surface area contributed by atoms with Gasteiger partial charge in [-0.25, -0.2) is 0 Å². The number of carbonyl (C=O) groups is 1. The molecule has 0 spiro atoms. The molecule has 0 rings (SSSR count). The topological polar surface area (TPSA) is 52.3 Å². The van der Waals surface area contributed by atoms with E-state index in [0.717, 1.165) is 12.8 Å². The molecule has 0 saturated carbocycles. The highest BCUT2D eigenvalue weighted by molar-refractivity contribution is 6.22. The summed E-state index contributed by atoms with van der Waals surface area (Å²) in [5, 5.41) is -0.311. The first kappa shape index (κ1) is 11.7. The van der Waals surface area contributed by atoms with Crippen molar-refractivity contribution in [2.75, 3.05) is 6.61 Å². The van der Waals surface area contributed by atoms with Gasteiger partial charge in [0.25, 0.3) is 0 Å². The Kier molecular flexibility index (Phi) is 6.11. The van der Waals surface area contributed by atoms with Gasteiger partial charge < -0.3 is 10.5 Å². The first-order chi connectivity index (χ1) is 5.63. The Labute approximate surface area is 78.2 Å². The van der Waals surface area contributed by atoms with E-state index in [0.29, 0.717) is 6.61 Å². The van der Waals surface area contributed by atoms with Crippen LogP contribution in [0, 0.1) is 0 Å². The molecule has 0 amide bonds. The predicted octanol–water partition coefficient (Wildman–Crippen LogP) is 1.28. The van der Waals surface area contributed by atoms with Gasteiger partial charge in [-0.15, -0.1) is 11.6 Å². The van der Waals surface area contributed by atoms with Gasteiger partial charge in [0, 0.05) is 0 Å². The maximum absolute atomic E-state index is 11.0. The molecule has 0 bridgehead atoms. The smallest absolute Gasteiger partial charge is 0.324 e. The largest absolute Gasteiger partial charge is 0.465 e. The minimum Gasteiger partial charge on any atom is -0.465 e. The maximum Gasteiger partial charge on any atom is 0.324 e. The lowest BCUT2D eigenvalue weighted by atomic mass is 10.1. The minimum atomic E-state index is -0.688. The maximum atomic E-state index is 11.0. The number of carbonyl (C=O) groups excluding carboxylic acids is 1. The Balaban J connectivity index is 3.82. The van der Waals surface area contributed by atoms with Crippen LogP contribution in [0.4, 0.5) is 0 Å². The summed E-state index contributed by atoms with van der Waals surface area (Å²) in [5.74, 6) is -0.411. The number of hydrogen-bond donors (Lipinski definition) is 1. The molecule has 0 aliphatic rings. The normalized spacial score (nSPS) is 15.3. The van der Waals surface area contributed by atoms with Gasteiger partial charge in [0.2, 0.25) is 0 Å². The minimum absolute atomic E-state index is 0.311. The summed E-state index contributed by atoms with van der Waals surface area (Å²) in [7, 11) is 0. The SMILES string of the molecule is CCC[C@@H](Cl)[C@H](N)C(=O)OCC. The summed E-state index contributed by atoms with van der Waals surface area (Å²) >= 11 is 5.84. The van der Waals surface area contributed by atoms with E-state index in [2.05, 4.69) is 0 Å². The zero-order valence-corrected chi connectivity index (χ0v) is 8.30. The second kappa shape index (κ2) is 6.26. The Bertz CT molecular complexity index is 141. The first-order valence-corrected chi connectivity index (χ1v) is 4.63. The molecule has 0 aromatic carbocycles. The molecule has 72 valence electrons. The molecule has 0 aliphatic heterocycles. The fourth-order valence-electron chi connectivity index (χ4n) is 0.841. The monoisotopic (exact) mass is 193 g/mol. The van der Waals surface area contributed by atoms with E-state index in [1.54, 1.807) is 6.92 Å². The molecule has 0 aromatic rings. The standard InChI is InChI=1S/C8H16ClNO2/c1-3-5-6(9)7(10)8(11)12-4-2/h6-7H,3-5,10H2,1-2H3/t6-,7+/m1/s1. The molecule has 4 heteroatoms. The quantitative estimate of drug-likeness (QED) is 0.529. The van der Waals surface area contributed by atoms with Crippen molar-refractivity contribution in [2.24, 2.45) is 5.73 Å². The number of halogens is 1. The average Bonchev–Trinajstić information content (AvgIpc) is 2.04. The van der Waals surface area contributed by atoms with Crippen molar-refractivity contribution in [1.82, 2.24) is 0 Å². The number of esters is 1. The van der Waals surface area contributed by atoms with E-state index in [9.17, 15) is 4.79 Å². The van der Waals surface area contributed by atoms with Crippen LogP contribution in [0.3, 0.4) is 0 Å². The lowest BCUT2D eigenvalue weighted by Gasteiger charge is -2.15. The van der Waals surface area contributed by atoms with Crippen molar-refractivity contribution >= 4 is 17.6 Å². The predicted molar refractivity (Wildman–Crippen MR) is 49.2 cm³/mol. The molecule has 0 heterocycles. The van der Waals surface area contributed by atoms with Crippen molar-refractivity contribution < 1.29 is 9.53 Å². The highest BCUT2D eigenvalue weighted by Crippen LogP contribution is 2.09. The summed E-state index contributed by atoms with van der Waals surface area (Å²) in [6.07, 6.45) is 1.66. The van der Waals surface area contributed by atoms with Crippen LogP contribution >= 0.6 is 11.6 Å². The van der Waals surface area contributed by atoms with Gasteiger partial charge in [-0.3, -0.25) is 4.79 Å². The van der Waals surface area contributed by atoms with Gasteiger partial charge in [0.05, 0.1) is 12.0 Å². The Hall–Kier alpha value is -0.280. The van der Waals surface area contributed by atoms with Crippen LogP contribution in [0.5, 0.6) is 0 Å². The van der Waals surface area contributed by atoms with Gasteiger partial charge in [-0.2, -0.15) is 0 Å². The molecular formula is C8H16ClNO2. The first-order valence-electron chi connectivity index (χ1n) is 4.19. The molecule has 0 unspecified atom stereocenters. The fraction of sp³-hybridized carbons (Fsp3) is 0.875. The van der Waals surface area contributed by atoms with Crippen molar-refractivity contribution in [2.45, 2.75) is 38.1 Å². The van der Waals surface area contributed by atoms with Gasteiger partial charge in [-0.1, -0.05) is 13.3 Å². The number of ether oxygens (including phenoxy) is 1. The van der Waals surface area contributed by atoms with Crippen molar-refractivity contribution in [3.63, 3.8) is 0 Å². The average molecular weight is 194 g/mol. The van der Waals surface area contributed by atoms with Crippen molar-refractivity contribution in [3.8, 4) is 0 Å². The van der Waals surface area contributed by atoms with Gasteiger partial charge in [0.15, 0.2) is 0 Å². The van der Waals surface area contributed by atoms with Gasteiger partial charge in [-0.05, 0) is 13.3 Å². The highest BCUT2D eigenvalue weighted by atomic mass is 35.5. The number of rotatable bonds is 5. The Morgan fingerprint density at radius 2 is 2.17 bits per heavy atom. The summed E-state index contributed by atoms with van der Waals surface area (Å²) in [5.41, 5.74) is 5.53. The molecule has 0 saturated heterocycles. The van der Waals surface area contributed by atoms with Crippen LogP contribution in [0.15, 0.2) is 0 Å². The molecule has 0 aromatic heterocycles. The van der Waals surface area contributed by atoms with Crippen LogP contribution in [0.25, 0.3) is 0 Å². The van der Waals surface area contributed by atoms with Gasteiger partial charge >= 0.3 is 5.97 Å². The van der Waals surface area contributed by atoms with E-state index in [-0.39, 0.29) is 5.38 Å². The van der Waals surface area contributed by atoms with Crippen LogP contribution in [0.1, 0.15) is 26.7 Å². The second-order valence-corrected chi connectivity index (χ2v) is 3.14. The third kappa shape index (κ3) is 3.93. The van der Waals surface area contributed by atoms with Crippen LogP contribution in [-0.2, 0) is 9.53 Å². The fourth-order valence-corrected chi connectivity index (χ4v) is 1.16. The van der Waals surface area contributed by atoms with E-state index in [1.807, 2.05) is 6.92 Å². The highest BCUT2D eigenvalue weighted by Gasteiger charge is 2.22. The van der Waals surface area contributed by atoms with E-state index < -0.39 is 12.0 Å².